The summed E-state index contributed by atoms with van der Waals surface area (Å²) in [5.74, 6) is 0.444. The van der Waals surface area contributed by atoms with E-state index in [0.717, 1.165) is 25.7 Å². The van der Waals surface area contributed by atoms with E-state index in [-0.39, 0.29) is 0 Å². The Hall–Kier alpha value is -0.373. The van der Waals surface area contributed by atoms with E-state index in [4.69, 9.17) is 0 Å². The number of ketones is 1. The Balaban J connectivity index is 2.67. The zero-order valence-corrected chi connectivity index (χ0v) is 9.31. The van der Waals surface area contributed by atoms with Crippen molar-refractivity contribution in [2.75, 3.05) is 0 Å². The summed E-state index contributed by atoms with van der Waals surface area (Å²) in [6, 6.07) is 0. The highest BCUT2D eigenvalue weighted by Gasteiger charge is 2.21. The fraction of sp³-hybridized carbons (Fsp3) is 0.700. The molecule has 0 aromatic rings. The molecular formula is C10H18OSi. The molecular weight excluding hydrogens is 164 g/mol. The predicted octanol–water partition coefficient (Wildman–Crippen LogP) is 2.93. The van der Waals surface area contributed by atoms with Crippen LogP contribution in [0.1, 0.15) is 25.7 Å². The SMILES string of the molecule is C[Si](C)(C)C1=CCCC(=O)CC1. The molecule has 0 aromatic heterocycles. The van der Waals surface area contributed by atoms with Gasteiger partial charge in [0.25, 0.3) is 0 Å². The second-order valence-corrected chi connectivity index (χ2v) is 9.70. The van der Waals surface area contributed by atoms with Gasteiger partial charge in [0.2, 0.25) is 0 Å². The molecule has 0 aromatic carbocycles. The van der Waals surface area contributed by atoms with Gasteiger partial charge in [0, 0.05) is 12.8 Å². The average molecular weight is 182 g/mol. The van der Waals surface area contributed by atoms with Crippen molar-refractivity contribution in [1.82, 2.24) is 0 Å². The number of carbonyl (C=O) groups is 1. The number of hydrogen-bond acceptors (Lipinski definition) is 1. The summed E-state index contributed by atoms with van der Waals surface area (Å²) in [7, 11) is -1.11. The Morgan fingerprint density at radius 2 is 1.83 bits per heavy atom. The standard InChI is InChI=1S/C10H18OSi/c1-12(2,3)10-6-4-5-9(11)7-8-10/h6H,4-5,7-8H2,1-3H3. The van der Waals surface area contributed by atoms with Gasteiger partial charge in [0.05, 0.1) is 8.07 Å². The van der Waals surface area contributed by atoms with E-state index in [2.05, 4.69) is 25.7 Å². The van der Waals surface area contributed by atoms with Gasteiger partial charge >= 0.3 is 0 Å². The van der Waals surface area contributed by atoms with Gasteiger partial charge in [-0.1, -0.05) is 30.9 Å². The lowest BCUT2D eigenvalue weighted by Gasteiger charge is -2.19. The van der Waals surface area contributed by atoms with Gasteiger partial charge < -0.3 is 0 Å². The molecule has 0 bridgehead atoms. The summed E-state index contributed by atoms with van der Waals surface area (Å²) >= 11 is 0. The normalized spacial score (nSPS) is 20.2. The summed E-state index contributed by atoms with van der Waals surface area (Å²) in [6.45, 7) is 7.07. The number of rotatable bonds is 1. The van der Waals surface area contributed by atoms with Crippen LogP contribution in [0.15, 0.2) is 11.3 Å². The predicted molar refractivity (Wildman–Crippen MR) is 54.9 cm³/mol. The second kappa shape index (κ2) is 3.56. The lowest BCUT2D eigenvalue weighted by molar-refractivity contribution is -0.118. The molecule has 1 nitrogen and oxygen atoms in total. The average Bonchev–Trinajstić information content (AvgIpc) is 2.11. The van der Waals surface area contributed by atoms with Crippen LogP contribution in [-0.4, -0.2) is 13.9 Å². The molecule has 0 unspecified atom stereocenters. The van der Waals surface area contributed by atoms with E-state index in [1.54, 1.807) is 5.20 Å². The minimum Gasteiger partial charge on any atom is -0.300 e. The highest BCUT2D eigenvalue weighted by atomic mass is 28.3. The molecule has 0 saturated carbocycles. The maximum atomic E-state index is 11.1. The smallest absolute Gasteiger partial charge is 0.133 e. The van der Waals surface area contributed by atoms with E-state index in [0.29, 0.717) is 5.78 Å². The first-order chi connectivity index (χ1) is 5.50. The van der Waals surface area contributed by atoms with E-state index in [1.807, 2.05) is 0 Å². The molecule has 1 rings (SSSR count). The maximum Gasteiger partial charge on any atom is 0.133 e. The van der Waals surface area contributed by atoms with Gasteiger partial charge in [-0.2, -0.15) is 0 Å². The molecule has 12 heavy (non-hydrogen) atoms. The van der Waals surface area contributed by atoms with Crippen LogP contribution in [0.2, 0.25) is 19.6 Å². The first kappa shape index (κ1) is 9.71. The van der Waals surface area contributed by atoms with E-state index >= 15 is 0 Å². The van der Waals surface area contributed by atoms with Gasteiger partial charge in [0.15, 0.2) is 0 Å². The zero-order chi connectivity index (χ0) is 9.19. The van der Waals surface area contributed by atoms with Crippen molar-refractivity contribution in [3.8, 4) is 0 Å². The number of hydrogen-bond donors (Lipinski definition) is 0. The molecule has 0 atom stereocenters. The third kappa shape index (κ3) is 2.59. The van der Waals surface area contributed by atoms with Gasteiger partial charge in [0.1, 0.15) is 5.78 Å². The zero-order valence-electron chi connectivity index (χ0n) is 8.31. The highest BCUT2D eigenvalue weighted by Crippen LogP contribution is 2.23. The van der Waals surface area contributed by atoms with Crippen LogP contribution in [0.3, 0.4) is 0 Å². The van der Waals surface area contributed by atoms with E-state index < -0.39 is 8.07 Å². The molecule has 0 radical (unpaired) electrons. The van der Waals surface area contributed by atoms with Crippen molar-refractivity contribution in [3.63, 3.8) is 0 Å². The number of Topliss-reactive ketones (excluding diaryl/α,β-unsaturated/α-hetero) is 1. The van der Waals surface area contributed by atoms with Crippen molar-refractivity contribution < 1.29 is 4.79 Å². The summed E-state index contributed by atoms with van der Waals surface area (Å²) in [6.07, 6.45) is 5.90. The van der Waals surface area contributed by atoms with Crippen molar-refractivity contribution in [1.29, 1.82) is 0 Å². The van der Waals surface area contributed by atoms with Crippen LogP contribution >= 0.6 is 0 Å². The van der Waals surface area contributed by atoms with Crippen LogP contribution in [0.5, 0.6) is 0 Å². The molecule has 0 aliphatic heterocycles. The fourth-order valence-electron chi connectivity index (χ4n) is 1.59. The molecule has 1 aliphatic rings. The summed E-state index contributed by atoms with van der Waals surface area (Å²) in [4.78, 5) is 11.1. The van der Waals surface area contributed by atoms with Crippen molar-refractivity contribution in [2.45, 2.75) is 45.3 Å². The molecule has 0 spiro atoms. The molecule has 0 saturated heterocycles. The fourth-order valence-corrected chi connectivity index (χ4v) is 3.22. The van der Waals surface area contributed by atoms with Crippen molar-refractivity contribution in [3.05, 3.63) is 11.3 Å². The van der Waals surface area contributed by atoms with Crippen LogP contribution in [0, 0.1) is 0 Å². The van der Waals surface area contributed by atoms with Crippen molar-refractivity contribution in [2.24, 2.45) is 0 Å². The van der Waals surface area contributed by atoms with Crippen molar-refractivity contribution >= 4 is 13.9 Å². The minimum absolute atomic E-state index is 0.444. The molecule has 0 N–H and O–H groups in total. The lowest BCUT2D eigenvalue weighted by Crippen LogP contribution is -2.23. The summed E-state index contributed by atoms with van der Waals surface area (Å²) < 4.78 is 0. The summed E-state index contributed by atoms with van der Waals surface area (Å²) in [5.41, 5.74) is 0. The highest BCUT2D eigenvalue weighted by molar-refractivity contribution is 6.83. The molecule has 0 fully saturated rings. The van der Waals surface area contributed by atoms with Crippen LogP contribution < -0.4 is 0 Å². The third-order valence-electron chi connectivity index (χ3n) is 2.45. The third-order valence-corrected chi connectivity index (χ3v) is 4.83. The van der Waals surface area contributed by atoms with Crippen LogP contribution in [0.25, 0.3) is 0 Å². The minimum atomic E-state index is -1.11. The van der Waals surface area contributed by atoms with E-state index in [9.17, 15) is 4.79 Å². The second-order valence-electron chi connectivity index (χ2n) is 4.56. The van der Waals surface area contributed by atoms with Crippen LogP contribution in [-0.2, 0) is 4.79 Å². The monoisotopic (exact) mass is 182 g/mol. The Morgan fingerprint density at radius 3 is 2.42 bits per heavy atom. The Labute approximate surface area is 75.9 Å². The summed E-state index contributed by atoms with van der Waals surface area (Å²) in [5, 5.41) is 1.59. The molecule has 0 amide bonds. The molecule has 1 aliphatic carbocycles. The van der Waals surface area contributed by atoms with Crippen LogP contribution in [0.4, 0.5) is 0 Å². The molecule has 0 heterocycles. The van der Waals surface area contributed by atoms with Gasteiger partial charge in [-0.15, -0.1) is 0 Å². The number of carbonyl (C=O) groups excluding carboxylic acids is 1. The largest absolute Gasteiger partial charge is 0.300 e. The Bertz CT molecular complexity index is 210. The Kier molecular flexibility index (Phi) is 2.88. The first-order valence-electron chi connectivity index (χ1n) is 4.71. The first-order valence-corrected chi connectivity index (χ1v) is 8.21. The lowest BCUT2D eigenvalue weighted by atomic mass is 10.2. The maximum absolute atomic E-state index is 11.1. The topological polar surface area (TPSA) is 17.1 Å². The Morgan fingerprint density at radius 1 is 1.17 bits per heavy atom. The van der Waals surface area contributed by atoms with Gasteiger partial charge in [-0.05, 0) is 12.8 Å². The number of allylic oxidation sites excluding steroid dienone is 2. The van der Waals surface area contributed by atoms with Gasteiger partial charge in [-0.3, -0.25) is 4.79 Å². The molecule has 2 heteroatoms. The van der Waals surface area contributed by atoms with E-state index in [1.165, 1.54) is 0 Å². The quantitative estimate of drug-likeness (QED) is 0.570. The van der Waals surface area contributed by atoms with Gasteiger partial charge in [-0.25, -0.2) is 0 Å². The molecule has 68 valence electrons.